The molecule has 5 heteroatoms. The number of hydrogen-bond donors (Lipinski definition) is 2. The van der Waals surface area contributed by atoms with Gasteiger partial charge in [-0.3, -0.25) is 4.79 Å². The summed E-state index contributed by atoms with van der Waals surface area (Å²) in [6, 6.07) is 0.616. The molecule has 3 N–H and O–H groups in total. The Kier molecular flexibility index (Phi) is 8.60. The standard InChI is InChI=1S/C16H30N2O2.ClH/c1-12(20-15-6-4-2-3-5-7-15)16(19)18-14-10-8-13(17)9-11-14;/h12-15H,2-11,17H2,1H3,(H,18,19);1H. The molecular weight excluding hydrogens is 288 g/mol. The second-order valence-electron chi connectivity index (χ2n) is 6.51. The van der Waals surface area contributed by atoms with Crippen LogP contribution in [0.2, 0.25) is 0 Å². The van der Waals surface area contributed by atoms with Gasteiger partial charge in [-0.1, -0.05) is 25.7 Å². The lowest BCUT2D eigenvalue weighted by Crippen LogP contribution is -2.45. The number of nitrogens with two attached hydrogens (primary N) is 1. The summed E-state index contributed by atoms with van der Waals surface area (Å²) in [6.45, 7) is 1.88. The van der Waals surface area contributed by atoms with Crippen LogP contribution in [0.4, 0.5) is 0 Å². The van der Waals surface area contributed by atoms with Gasteiger partial charge in [0.1, 0.15) is 6.10 Å². The lowest BCUT2D eigenvalue weighted by molar-refractivity contribution is -0.136. The highest BCUT2D eigenvalue weighted by Crippen LogP contribution is 2.21. The van der Waals surface area contributed by atoms with Gasteiger partial charge in [0.2, 0.25) is 5.91 Å². The second-order valence-corrected chi connectivity index (χ2v) is 6.51. The molecule has 2 fully saturated rings. The van der Waals surface area contributed by atoms with Crippen molar-refractivity contribution in [3.05, 3.63) is 0 Å². The first-order chi connectivity index (χ1) is 9.65. The molecule has 0 heterocycles. The molecular formula is C16H31ClN2O2. The van der Waals surface area contributed by atoms with Crippen LogP contribution in [-0.4, -0.2) is 30.2 Å². The first kappa shape index (κ1) is 18.7. The summed E-state index contributed by atoms with van der Waals surface area (Å²) in [6.07, 6.45) is 11.3. The number of nitrogens with one attached hydrogen (secondary N) is 1. The zero-order valence-corrected chi connectivity index (χ0v) is 14.0. The molecule has 1 unspecified atom stereocenters. The van der Waals surface area contributed by atoms with Crippen LogP contribution in [0, 0.1) is 0 Å². The van der Waals surface area contributed by atoms with Crippen molar-refractivity contribution in [2.45, 2.75) is 95.4 Å². The monoisotopic (exact) mass is 318 g/mol. The molecule has 124 valence electrons. The molecule has 1 amide bonds. The molecule has 0 aromatic carbocycles. The summed E-state index contributed by atoms with van der Waals surface area (Å²) in [5.41, 5.74) is 5.89. The van der Waals surface area contributed by atoms with Crippen molar-refractivity contribution in [1.29, 1.82) is 0 Å². The molecule has 2 rings (SSSR count). The highest BCUT2D eigenvalue weighted by Gasteiger charge is 2.24. The van der Waals surface area contributed by atoms with E-state index < -0.39 is 0 Å². The minimum Gasteiger partial charge on any atom is -0.365 e. The van der Waals surface area contributed by atoms with E-state index in [1.54, 1.807) is 0 Å². The van der Waals surface area contributed by atoms with Gasteiger partial charge in [-0.15, -0.1) is 12.4 Å². The quantitative estimate of drug-likeness (QED) is 0.783. The molecule has 1 atom stereocenters. The fourth-order valence-electron chi connectivity index (χ4n) is 3.31. The number of carbonyl (C=O) groups is 1. The first-order valence-electron chi connectivity index (χ1n) is 8.36. The summed E-state index contributed by atoms with van der Waals surface area (Å²) >= 11 is 0. The van der Waals surface area contributed by atoms with Crippen LogP contribution in [0.1, 0.15) is 71.1 Å². The zero-order chi connectivity index (χ0) is 14.4. The molecule has 0 spiro atoms. The lowest BCUT2D eigenvalue weighted by Gasteiger charge is -2.28. The van der Waals surface area contributed by atoms with Crippen molar-refractivity contribution < 1.29 is 9.53 Å². The van der Waals surface area contributed by atoms with Gasteiger partial charge in [0.25, 0.3) is 0 Å². The van der Waals surface area contributed by atoms with Gasteiger partial charge in [0.15, 0.2) is 0 Å². The Morgan fingerprint density at radius 1 is 1.05 bits per heavy atom. The molecule has 2 aliphatic rings. The van der Waals surface area contributed by atoms with Crippen molar-refractivity contribution in [3.8, 4) is 0 Å². The van der Waals surface area contributed by atoms with Gasteiger partial charge in [-0.05, 0) is 45.4 Å². The summed E-state index contributed by atoms with van der Waals surface area (Å²) < 4.78 is 5.96. The third kappa shape index (κ3) is 6.54. The van der Waals surface area contributed by atoms with E-state index in [0.717, 1.165) is 38.5 Å². The average molecular weight is 319 g/mol. The van der Waals surface area contributed by atoms with Crippen LogP contribution < -0.4 is 11.1 Å². The summed E-state index contributed by atoms with van der Waals surface area (Å²) in [4.78, 5) is 12.2. The Hall–Kier alpha value is -0.320. The largest absolute Gasteiger partial charge is 0.365 e. The van der Waals surface area contributed by atoms with Crippen LogP contribution in [0.3, 0.4) is 0 Å². The molecule has 0 saturated heterocycles. The van der Waals surface area contributed by atoms with E-state index in [-0.39, 0.29) is 30.5 Å². The van der Waals surface area contributed by atoms with E-state index in [9.17, 15) is 4.79 Å². The van der Waals surface area contributed by atoms with Gasteiger partial charge < -0.3 is 15.8 Å². The van der Waals surface area contributed by atoms with Crippen molar-refractivity contribution in [1.82, 2.24) is 5.32 Å². The second kappa shape index (κ2) is 9.65. The molecule has 4 nitrogen and oxygen atoms in total. The average Bonchev–Trinajstić information content (AvgIpc) is 2.70. The molecule has 2 aliphatic carbocycles. The number of hydrogen-bond acceptors (Lipinski definition) is 3. The van der Waals surface area contributed by atoms with Crippen molar-refractivity contribution in [2.24, 2.45) is 5.73 Å². The summed E-state index contributed by atoms with van der Waals surface area (Å²) in [7, 11) is 0. The van der Waals surface area contributed by atoms with Crippen LogP contribution in [0.25, 0.3) is 0 Å². The van der Waals surface area contributed by atoms with Crippen LogP contribution in [0.5, 0.6) is 0 Å². The van der Waals surface area contributed by atoms with E-state index in [1.807, 2.05) is 6.92 Å². The Morgan fingerprint density at radius 3 is 2.19 bits per heavy atom. The lowest BCUT2D eigenvalue weighted by atomic mass is 9.92. The van der Waals surface area contributed by atoms with Crippen LogP contribution in [-0.2, 0) is 9.53 Å². The SMILES string of the molecule is CC(OC1CCCCCC1)C(=O)NC1CCC(N)CC1.Cl. The predicted octanol–water partition coefficient (Wildman–Crippen LogP) is 2.92. The highest BCUT2D eigenvalue weighted by molar-refractivity contribution is 5.85. The normalized spacial score (nSPS) is 29.0. The van der Waals surface area contributed by atoms with Gasteiger partial charge in [0.05, 0.1) is 6.10 Å². The van der Waals surface area contributed by atoms with Gasteiger partial charge in [-0.2, -0.15) is 0 Å². The Balaban J connectivity index is 0.00000220. The number of amides is 1. The zero-order valence-electron chi connectivity index (χ0n) is 13.2. The minimum absolute atomic E-state index is 0. The number of rotatable bonds is 4. The van der Waals surface area contributed by atoms with Gasteiger partial charge in [0, 0.05) is 12.1 Å². The fourth-order valence-corrected chi connectivity index (χ4v) is 3.31. The minimum atomic E-state index is -0.325. The third-order valence-corrected chi connectivity index (χ3v) is 4.69. The Morgan fingerprint density at radius 2 is 1.62 bits per heavy atom. The van der Waals surface area contributed by atoms with Crippen LogP contribution in [0.15, 0.2) is 0 Å². The van der Waals surface area contributed by atoms with Crippen LogP contribution >= 0.6 is 12.4 Å². The van der Waals surface area contributed by atoms with E-state index in [0.29, 0.717) is 12.1 Å². The number of carbonyl (C=O) groups excluding carboxylic acids is 1. The topological polar surface area (TPSA) is 64.3 Å². The summed E-state index contributed by atoms with van der Waals surface area (Å²) in [5, 5.41) is 3.12. The Labute approximate surface area is 135 Å². The molecule has 0 bridgehead atoms. The molecule has 0 aromatic heterocycles. The molecule has 0 aromatic rings. The van der Waals surface area contributed by atoms with E-state index >= 15 is 0 Å². The molecule has 0 aliphatic heterocycles. The molecule has 2 saturated carbocycles. The van der Waals surface area contributed by atoms with E-state index in [1.165, 1.54) is 25.7 Å². The van der Waals surface area contributed by atoms with E-state index in [2.05, 4.69) is 5.32 Å². The van der Waals surface area contributed by atoms with Crippen molar-refractivity contribution >= 4 is 18.3 Å². The van der Waals surface area contributed by atoms with Gasteiger partial charge >= 0.3 is 0 Å². The smallest absolute Gasteiger partial charge is 0.249 e. The highest BCUT2D eigenvalue weighted by atomic mass is 35.5. The Bertz CT molecular complexity index is 299. The number of halogens is 1. The third-order valence-electron chi connectivity index (χ3n) is 4.69. The molecule has 21 heavy (non-hydrogen) atoms. The number of ether oxygens (including phenoxy) is 1. The fraction of sp³-hybridized carbons (Fsp3) is 0.938. The maximum absolute atomic E-state index is 12.2. The molecule has 0 radical (unpaired) electrons. The maximum atomic E-state index is 12.2. The first-order valence-corrected chi connectivity index (χ1v) is 8.36. The van der Waals surface area contributed by atoms with Crippen molar-refractivity contribution in [2.75, 3.05) is 0 Å². The van der Waals surface area contributed by atoms with Crippen molar-refractivity contribution in [3.63, 3.8) is 0 Å². The van der Waals surface area contributed by atoms with Gasteiger partial charge in [-0.25, -0.2) is 0 Å². The maximum Gasteiger partial charge on any atom is 0.249 e. The van der Waals surface area contributed by atoms with E-state index in [4.69, 9.17) is 10.5 Å². The predicted molar refractivity (Wildman–Crippen MR) is 87.7 cm³/mol. The summed E-state index contributed by atoms with van der Waals surface area (Å²) in [5.74, 6) is 0.0507.